The fourth-order valence-electron chi connectivity index (χ4n) is 1.68. The molecule has 1 aromatic rings. The molecule has 0 aliphatic carbocycles. The van der Waals surface area contributed by atoms with E-state index in [2.05, 4.69) is 5.32 Å². The predicted octanol–water partition coefficient (Wildman–Crippen LogP) is 1.94. The number of benzene rings is 1. The van der Waals surface area contributed by atoms with E-state index in [1.165, 1.54) is 13.1 Å². The summed E-state index contributed by atoms with van der Waals surface area (Å²) in [5.74, 6) is -1.00. The monoisotopic (exact) mass is 237 g/mol. The van der Waals surface area contributed by atoms with Gasteiger partial charge in [-0.15, -0.1) is 0 Å². The molecule has 1 unspecified atom stereocenters. The molecule has 0 bridgehead atoms. The Kier molecular flexibility index (Phi) is 4.82. The van der Waals surface area contributed by atoms with E-state index < -0.39 is 5.92 Å². The van der Waals surface area contributed by atoms with Crippen molar-refractivity contribution >= 4 is 12.2 Å². The van der Waals surface area contributed by atoms with Gasteiger partial charge in [0.1, 0.15) is 12.1 Å². The van der Waals surface area contributed by atoms with Gasteiger partial charge in [0.25, 0.3) is 0 Å². The van der Waals surface area contributed by atoms with Crippen LogP contribution in [0.15, 0.2) is 18.2 Å². The van der Waals surface area contributed by atoms with Crippen LogP contribution in [0, 0.1) is 12.7 Å². The van der Waals surface area contributed by atoms with E-state index in [1.54, 1.807) is 19.1 Å². The van der Waals surface area contributed by atoms with E-state index >= 15 is 0 Å². The van der Waals surface area contributed by atoms with Gasteiger partial charge in [-0.05, 0) is 30.5 Å². The zero-order valence-corrected chi connectivity index (χ0v) is 10.00. The molecule has 1 rings (SSSR count). The Hall–Kier alpha value is -1.71. The minimum absolute atomic E-state index is 0.199. The number of amides is 1. The lowest BCUT2D eigenvalue weighted by Crippen LogP contribution is -2.26. The summed E-state index contributed by atoms with van der Waals surface area (Å²) in [6, 6.07) is 4.73. The van der Waals surface area contributed by atoms with Gasteiger partial charge < -0.3 is 10.1 Å². The SMILES string of the molecule is CNC(=O)C(CCC=O)c1ccc(C)c(F)c1. The topological polar surface area (TPSA) is 46.2 Å². The molecule has 0 spiro atoms. The molecule has 4 heteroatoms. The summed E-state index contributed by atoms with van der Waals surface area (Å²) >= 11 is 0. The average molecular weight is 237 g/mol. The molecule has 1 N–H and O–H groups in total. The highest BCUT2D eigenvalue weighted by molar-refractivity contribution is 5.83. The van der Waals surface area contributed by atoms with E-state index in [0.29, 0.717) is 17.5 Å². The van der Waals surface area contributed by atoms with Gasteiger partial charge in [0, 0.05) is 13.5 Å². The van der Waals surface area contributed by atoms with Crippen molar-refractivity contribution in [3.63, 3.8) is 0 Å². The summed E-state index contributed by atoms with van der Waals surface area (Å²) in [5, 5.41) is 2.53. The highest BCUT2D eigenvalue weighted by Crippen LogP contribution is 2.23. The van der Waals surface area contributed by atoms with Gasteiger partial charge in [0.15, 0.2) is 0 Å². The molecule has 17 heavy (non-hydrogen) atoms. The molecule has 0 radical (unpaired) electrons. The number of aryl methyl sites for hydroxylation is 1. The van der Waals surface area contributed by atoms with Crippen molar-refractivity contribution in [3.8, 4) is 0 Å². The van der Waals surface area contributed by atoms with Crippen LogP contribution in [0.1, 0.15) is 29.9 Å². The van der Waals surface area contributed by atoms with E-state index in [-0.39, 0.29) is 18.1 Å². The largest absolute Gasteiger partial charge is 0.359 e. The van der Waals surface area contributed by atoms with Crippen molar-refractivity contribution in [2.24, 2.45) is 0 Å². The van der Waals surface area contributed by atoms with E-state index in [4.69, 9.17) is 0 Å². The predicted molar refractivity (Wildman–Crippen MR) is 63.2 cm³/mol. The smallest absolute Gasteiger partial charge is 0.227 e. The summed E-state index contributed by atoms with van der Waals surface area (Å²) in [4.78, 5) is 22.0. The van der Waals surface area contributed by atoms with Crippen molar-refractivity contribution in [2.45, 2.75) is 25.7 Å². The van der Waals surface area contributed by atoms with E-state index in [9.17, 15) is 14.0 Å². The van der Waals surface area contributed by atoms with Gasteiger partial charge >= 0.3 is 0 Å². The molecule has 0 saturated heterocycles. The average Bonchev–Trinajstić information content (AvgIpc) is 2.33. The fraction of sp³-hybridized carbons (Fsp3) is 0.385. The van der Waals surface area contributed by atoms with Crippen LogP contribution in [0.3, 0.4) is 0 Å². The number of rotatable bonds is 5. The van der Waals surface area contributed by atoms with Crippen LogP contribution >= 0.6 is 0 Å². The minimum Gasteiger partial charge on any atom is -0.359 e. The molecule has 0 aliphatic heterocycles. The quantitative estimate of drug-likeness (QED) is 0.795. The van der Waals surface area contributed by atoms with Crippen LogP contribution in [0.5, 0.6) is 0 Å². The molecule has 3 nitrogen and oxygen atoms in total. The second kappa shape index (κ2) is 6.13. The maximum atomic E-state index is 13.4. The Morgan fingerprint density at radius 1 is 1.53 bits per heavy atom. The summed E-state index contributed by atoms with van der Waals surface area (Å²) in [6.07, 6.45) is 1.44. The molecule has 1 atom stereocenters. The summed E-state index contributed by atoms with van der Waals surface area (Å²) < 4.78 is 13.4. The number of hydrogen-bond donors (Lipinski definition) is 1. The van der Waals surface area contributed by atoms with Gasteiger partial charge in [0.05, 0.1) is 5.92 Å². The number of aldehydes is 1. The molecule has 1 amide bonds. The molecule has 0 aliphatic rings. The fourth-order valence-corrected chi connectivity index (χ4v) is 1.68. The number of likely N-dealkylation sites (N-methyl/N-ethyl adjacent to an activating group) is 1. The van der Waals surface area contributed by atoms with Gasteiger partial charge in [-0.2, -0.15) is 0 Å². The van der Waals surface area contributed by atoms with Crippen LogP contribution in [0.4, 0.5) is 4.39 Å². The van der Waals surface area contributed by atoms with Crippen LogP contribution in [-0.2, 0) is 9.59 Å². The molecule has 0 heterocycles. The maximum absolute atomic E-state index is 13.4. The molecule has 0 aromatic heterocycles. The Morgan fingerprint density at radius 2 is 2.24 bits per heavy atom. The van der Waals surface area contributed by atoms with Gasteiger partial charge in [-0.3, -0.25) is 4.79 Å². The molecular weight excluding hydrogens is 221 g/mol. The standard InChI is InChI=1S/C13H16FNO2/c1-9-5-6-10(8-12(9)14)11(4-3-7-16)13(17)15-2/h5-8,11H,3-4H2,1-2H3,(H,15,17). The first-order chi connectivity index (χ1) is 8.10. The highest BCUT2D eigenvalue weighted by Gasteiger charge is 2.19. The lowest BCUT2D eigenvalue weighted by Gasteiger charge is -2.15. The van der Waals surface area contributed by atoms with Crippen molar-refractivity contribution in [3.05, 3.63) is 35.1 Å². The van der Waals surface area contributed by atoms with Gasteiger partial charge in [0.2, 0.25) is 5.91 Å². The normalized spacial score (nSPS) is 11.9. The summed E-state index contributed by atoms with van der Waals surface area (Å²) in [7, 11) is 1.53. The number of halogens is 1. The number of carbonyl (C=O) groups excluding carboxylic acids is 2. The Morgan fingerprint density at radius 3 is 2.76 bits per heavy atom. The molecule has 0 saturated carbocycles. The van der Waals surface area contributed by atoms with E-state index in [1.807, 2.05) is 0 Å². The van der Waals surface area contributed by atoms with Crippen LogP contribution in [-0.4, -0.2) is 19.2 Å². The molecule has 92 valence electrons. The Labute approximate surface area is 100 Å². The zero-order chi connectivity index (χ0) is 12.8. The minimum atomic E-state index is -0.472. The lowest BCUT2D eigenvalue weighted by atomic mass is 9.93. The van der Waals surface area contributed by atoms with Crippen LogP contribution in [0.2, 0.25) is 0 Å². The molecule has 0 fully saturated rings. The van der Waals surface area contributed by atoms with Crippen molar-refractivity contribution in [1.29, 1.82) is 0 Å². The number of carbonyl (C=O) groups is 2. The Balaban J connectivity index is 2.98. The third-order valence-corrected chi connectivity index (χ3v) is 2.73. The van der Waals surface area contributed by atoms with Crippen LogP contribution < -0.4 is 5.32 Å². The first-order valence-corrected chi connectivity index (χ1v) is 5.51. The zero-order valence-electron chi connectivity index (χ0n) is 10.00. The second-order valence-electron chi connectivity index (χ2n) is 3.92. The Bertz CT molecular complexity index is 418. The summed E-state index contributed by atoms with van der Waals surface area (Å²) in [5.41, 5.74) is 1.15. The van der Waals surface area contributed by atoms with Crippen LogP contribution in [0.25, 0.3) is 0 Å². The van der Waals surface area contributed by atoms with E-state index in [0.717, 1.165) is 6.29 Å². The first kappa shape index (κ1) is 13.4. The third kappa shape index (κ3) is 3.37. The maximum Gasteiger partial charge on any atom is 0.227 e. The molecular formula is C13H16FNO2. The van der Waals surface area contributed by atoms with Crippen molar-refractivity contribution < 1.29 is 14.0 Å². The number of hydrogen-bond acceptors (Lipinski definition) is 2. The summed E-state index contributed by atoms with van der Waals surface area (Å²) in [6.45, 7) is 1.67. The lowest BCUT2D eigenvalue weighted by molar-refractivity contribution is -0.122. The van der Waals surface area contributed by atoms with Gasteiger partial charge in [-0.1, -0.05) is 12.1 Å². The van der Waals surface area contributed by atoms with Gasteiger partial charge in [-0.25, -0.2) is 4.39 Å². The van der Waals surface area contributed by atoms with Crippen molar-refractivity contribution in [1.82, 2.24) is 5.32 Å². The molecule has 1 aromatic carbocycles. The van der Waals surface area contributed by atoms with Crippen molar-refractivity contribution in [2.75, 3.05) is 7.05 Å². The second-order valence-corrected chi connectivity index (χ2v) is 3.92. The highest BCUT2D eigenvalue weighted by atomic mass is 19.1. The first-order valence-electron chi connectivity index (χ1n) is 5.51. The third-order valence-electron chi connectivity index (χ3n) is 2.73. The number of nitrogens with one attached hydrogen (secondary N) is 1.